The number of anilines is 1. The molecule has 1 aromatic carbocycles. The van der Waals surface area contributed by atoms with Crippen LogP contribution < -0.4 is 5.32 Å². The van der Waals surface area contributed by atoms with Gasteiger partial charge >= 0.3 is 0 Å². The van der Waals surface area contributed by atoms with Crippen LogP contribution in [0.25, 0.3) is 10.9 Å². The zero-order valence-electron chi connectivity index (χ0n) is 11.3. The van der Waals surface area contributed by atoms with Gasteiger partial charge in [-0.05, 0) is 37.3 Å². The zero-order valence-corrected chi connectivity index (χ0v) is 12.2. The Balaban J connectivity index is 1.78. The van der Waals surface area contributed by atoms with Crippen molar-refractivity contribution in [2.75, 3.05) is 5.32 Å². The standard InChI is InChI=1S/C15H14N4OS/c20-14(18-15-19-16-8-21-15)11-6-3-5-10-9-4-1-2-7-12(9)17-13(10)11/h3,5-6,8,17H,1-2,4,7H2,(H,18,19,20). The summed E-state index contributed by atoms with van der Waals surface area (Å²) in [6, 6.07) is 5.89. The monoisotopic (exact) mass is 298 g/mol. The van der Waals surface area contributed by atoms with Gasteiger partial charge in [-0.3, -0.25) is 10.1 Å². The number of fused-ring (bicyclic) bond motifs is 3. The summed E-state index contributed by atoms with van der Waals surface area (Å²) < 4.78 is 0. The highest BCUT2D eigenvalue weighted by atomic mass is 32.1. The first-order chi connectivity index (χ1) is 10.3. The van der Waals surface area contributed by atoms with Crippen molar-refractivity contribution in [3.05, 3.63) is 40.5 Å². The van der Waals surface area contributed by atoms with Crippen molar-refractivity contribution < 1.29 is 4.79 Å². The fourth-order valence-corrected chi connectivity index (χ4v) is 3.45. The molecule has 2 heterocycles. The molecular weight excluding hydrogens is 284 g/mol. The molecule has 5 nitrogen and oxygen atoms in total. The van der Waals surface area contributed by atoms with Crippen molar-refractivity contribution in [3.63, 3.8) is 0 Å². The van der Waals surface area contributed by atoms with Crippen molar-refractivity contribution in [3.8, 4) is 0 Å². The summed E-state index contributed by atoms with van der Waals surface area (Å²) in [5.74, 6) is -0.143. The lowest BCUT2D eigenvalue weighted by Crippen LogP contribution is -2.12. The van der Waals surface area contributed by atoms with Crippen LogP contribution in [0.2, 0.25) is 0 Å². The van der Waals surface area contributed by atoms with Gasteiger partial charge in [0.05, 0.1) is 11.1 Å². The van der Waals surface area contributed by atoms with Crippen LogP contribution in [0.15, 0.2) is 23.7 Å². The number of amides is 1. The van der Waals surface area contributed by atoms with Crippen molar-refractivity contribution in [1.82, 2.24) is 15.2 Å². The van der Waals surface area contributed by atoms with E-state index in [1.54, 1.807) is 5.51 Å². The molecule has 0 spiro atoms. The van der Waals surface area contributed by atoms with Crippen LogP contribution in [0.4, 0.5) is 5.13 Å². The molecule has 1 aliphatic carbocycles. The smallest absolute Gasteiger partial charge is 0.259 e. The second-order valence-electron chi connectivity index (χ2n) is 5.22. The molecule has 0 fully saturated rings. The van der Waals surface area contributed by atoms with E-state index in [0.717, 1.165) is 18.4 Å². The van der Waals surface area contributed by atoms with Crippen LogP contribution in [0.5, 0.6) is 0 Å². The Labute approximate surface area is 125 Å². The lowest BCUT2D eigenvalue weighted by Gasteiger charge is -2.10. The largest absolute Gasteiger partial charge is 0.358 e. The molecule has 0 saturated carbocycles. The summed E-state index contributed by atoms with van der Waals surface area (Å²) >= 11 is 1.31. The summed E-state index contributed by atoms with van der Waals surface area (Å²) in [6.07, 6.45) is 4.60. The minimum atomic E-state index is -0.143. The number of hydrogen-bond acceptors (Lipinski definition) is 4. The van der Waals surface area contributed by atoms with Crippen LogP contribution in [0, 0.1) is 0 Å². The zero-order chi connectivity index (χ0) is 14.2. The summed E-state index contributed by atoms with van der Waals surface area (Å²) in [7, 11) is 0. The summed E-state index contributed by atoms with van der Waals surface area (Å²) in [4.78, 5) is 15.9. The predicted octanol–water partition coefficient (Wildman–Crippen LogP) is 3.15. The Morgan fingerprint density at radius 3 is 3.05 bits per heavy atom. The van der Waals surface area contributed by atoms with Gasteiger partial charge in [0, 0.05) is 11.1 Å². The Bertz CT molecular complexity index is 807. The third-order valence-electron chi connectivity index (χ3n) is 3.96. The Hall–Kier alpha value is -2.21. The number of aromatic amines is 1. The number of rotatable bonds is 2. The first-order valence-corrected chi connectivity index (χ1v) is 7.91. The van der Waals surface area contributed by atoms with E-state index in [9.17, 15) is 4.79 Å². The van der Waals surface area contributed by atoms with E-state index >= 15 is 0 Å². The predicted molar refractivity (Wildman–Crippen MR) is 82.8 cm³/mol. The molecule has 4 rings (SSSR count). The van der Waals surface area contributed by atoms with Gasteiger partial charge in [0.1, 0.15) is 5.51 Å². The normalized spacial score (nSPS) is 14.1. The summed E-state index contributed by atoms with van der Waals surface area (Å²) in [5, 5.41) is 12.1. The maximum atomic E-state index is 12.4. The SMILES string of the molecule is O=C(Nc1nncs1)c1cccc2c3c([nH]c12)CCCC3. The fraction of sp³-hybridized carbons (Fsp3) is 0.267. The van der Waals surface area contributed by atoms with Gasteiger partial charge in [0.25, 0.3) is 5.91 Å². The third kappa shape index (κ3) is 2.12. The van der Waals surface area contributed by atoms with Gasteiger partial charge in [-0.25, -0.2) is 0 Å². The second kappa shape index (κ2) is 4.96. The van der Waals surface area contributed by atoms with E-state index in [2.05, 4.69) is 26.6 Å². The van der Waals surface area contributed by atoms with E-state index in [4.69, 9.17) is 0 Å². The lowest BCUT2D eigenvalue weighted by atomic mass is 9.95. The maximum Gasteiger partial charge on any atom is 0.259 e. The highest BCUT2D eigenvalue weighted by Gasteiger charge is 2.19. The quantitative estimate of drug-likeness (QED) is 0.763. The van der Waals surface area contributed by atoms with Crippen molar-refractivity contribution in [2.24, 2.45) is 0 Å². The molecule has 3 aromatic rings. The average molecular weight is 298 g/mol. The average Bonchev–Trinajstić information content (AvgIpc) is 3.13. The molecule has 0 aliphatic heterocycles. The number of carbonyl (C=O) groups excluding carboxylic acids is 1. The number of aromatic nitrogens is 3. The van der Waals surface area contributed by atoms with Gasteiger partial charge in [-0.1, -0.05) is 23.5 Å². The summed E-state index contributed by atoms with van der Waals surface area (Å²) in [5.41, 5.74) is 5.86. The number of hydrogen-bond donors (Lipinski definition) is 2. The van der Waals surface area contributed by atoms with Crippen LogP contribution in [-0.4, -0.2) is 21.1 Å². The van der Waals surface area contributed by atoms with Gasteiger partial charge in [0.2, 0.25) is 5.13 Å². The topological polar surface area (TPSA) is 70.7 Å². The number of H-pyrrole nitrogens is 1. The van der Waals surface area contributed by atoms with Gasteiger partial charge in [0.15, 0.2) is 0 Å². The van der Waals surface area contributed by atoms with Crippen molar-refractivity contribution in [2.45, 2.75) is 25.7 Å². The second-order valence-corrected chi connectivity index (χ2v) is 6.05. The molecular formula is C15H14N4OS. The molecule has 106 valence electrons. The van der Waals surface area contributed by atoms with Crippen LogP contribution in [0.3, 0.4) is 0 Å². The molecule has 0 saturated heterocycles. The molecule has 2 N–H and O–H groups in total. The van der Waals surface area contributed by atoms with Crippen LogP contribution in [-0.2, 0) is 12.8 Å². The molecule has 2 aromatic heterocycles. The van der Waals surface area contributed by atoms with Gasteiger partial charge in [-0.15, -0.1) is 10.2 Å². The number of para-hydroxylation sites is 1. The Morgan fingerprint density at radius 2 is 2.19 bits per heavy atom. The minimum absolute atomic E-state index is 0.143. The molecule has 1 amide bonds. The molecule has 21 heavy (non-hydrogen) atoms. The van der Waals surface area contributed by atoms with Crippen molar-refractivity contribution in [1.29, 1.82) is 0 Å². The maximum absolute atomic E-state index is 12.4. The lowest BCUT2D eigenvalue weighted by molar-refractivity contribution is 0.102. The molecule has 0 unspecified atom stereocenters. The van der Waals surface area contributed by atoms with E-state index < -0.39 is 0 Å². The van der Waals surface area contributed by atoms with E-state index in [1.807, 2.05) is 12.1 Å². The molecule has 0 radical (unpaired) electrons. The van der Waals surface area contributed by atoms with Crippen LogP contribution >= 0.6 is 11.3 Å². The van der Waals surface area contributed by atoms with Crippen molar-refractivity contribution >= 4 is 33.3 Å². The number of nitrogens with zero attached hydrogens (tertiary/aromatic N) is 2. The number of aryl methyl sites for hydroxylation is 2. The highest BCUT2D eigenvalue weighted by molar-refractivity contribution is 7.13. The first kappa shape index (κ1) is 12.5. The summed E-state index contributed by atoms with van der Waals surface area (Å²) in [6.45, 7) is 0. The Morgan fingerprint density at radius 1 is 1.29 bits per heavy atom. The Kier molecular flexibility index (Phi) is 2.96. The molecule has 1 aliphatic rings. The van der Waals surface area contributed by atoms with E-state index in [-0.39, 0.29) is 5.91 Å². The van der Waals surface area contributed by atoms with E-state index in [0.29, 0.717) is 10.7 Å². The number of benzene rings is 1. The first-order valence-electron chi connectivity index (χ1n) is 7.03. The minimum Gasteiger partial charge on any atom is -0.358 e. The van der Waals surface area contributed by atoms with E-state index in [1.165, 1.54) is 40.8 Å². The van der Waals surface area contributed by atoms with Gasteiger partial charge < -0.3 is 4.98 Å². The molecule has 0 atom stereocenters. The number of carbonyl (C=O) groups is 1. The third-order valence-corrected chi connectivity index (χ3v) is 4.57. The fourth-order valence-electron chi connectivity index (χ4n) is 3.01. The highest BCUT2D eigenvalue weighted by Crippen LogP contribution is 2.31. The molecule has 0 bridgehead atoms. The van der Waals surface area contributed by atoms with Gasteiger partial charge in [-0.2, -0.15) is 0 Å². The molecule has 6 heteroatoms. The van der Waals surface area contributed by atoms with Crippen LogP contribution in [0.1, 0.15) is 34.5 Å². The number of nitrogens with one attached hydrogen (secondary N) is 2.